The first kappa shape index (κ1) is 16.9. The number of halogens is 1. The van der Waals surface area contributed by atoms with Crippen molar-refractivity contribution in [1.82, 2.24) is 25.0 Å². The molecule has 2 aromatic rings. The van der Waals surface area contributed by atoms with E-state index in [1.54, 1.807) is 4.68 Å². The van der Waals surface area contributed by atoms with Gasteiger partial charge in [-0.1, -0.05) is 0 Å². The van der Waals surface area contributed by atoms with Gasteiger partial charge in [-0.2, -0.15) is 5.10 Å². The summed E-state index contributed by atoms with van der Waals surface area (Å²) < 4.78 is 15.6. The van der Waals surface area contributed by atoms with E-state index in [-0.39, 0.29) is 11.6 Å². The highest BCUT2D eigenvalue weighted by molar-refractivity contribution is 5.96. The lowest BCUT2D eigenvalue weighted by molar-refractivity contribution is 0.0823. The number of aryl methyl sites for hydroxylation is 1. The molecule has 25 heavy (non-hydrogen) atoms. The van der Waals surface area contributed by atoms with E-state index in [9.17, 15) is 14.0 Å². The Kier molecular flexibility index (Phi) is 4.64. The molecule has 2 N–H and O–H groups in total. The third-order valence-corrected chi connectivity index (χ3v) is 4.00. The van der Waals surface area contributed by atoms with Crippen LogP contribution < -0.4 is 10.6 Å². The number of anilines is 1. The van der Waals surface area contributed by atoms with Gasteiger partial charge in [0, 0.05) is 26.2 Å². The molecule has 8 nitrogen and oxygen atoms in total. The number of carbonyl (C=O) groups is 2. The fourth-order valence-electron chi connectivity index (χ4n) is 2.72. The lowest BCUT2D eigenvalue weighted by Crippen LogP contribution is -2.43. The highest BCUT2D eigenvalue weighted by atomic mass is 19.1. The molecule has 0 bridgehead atoms. The Balaban J connectivity index is 1.63. The average Bonchev–Trinajstić information content (AvgIpc) is 3.03. The lowest BCUT2D eigenvalue weighted by Gasteiger charge is -2.23. The van der Waals surface area contributed by atoms with Crippen molar-refractivity contribution in [3.63, 3.8) is 0 Å². The zero-order chi connectivity index (χ0) is 18.0. The number of hydrogen-bond donors (Lipinski definition) is 2. The van der Waals surface area contributed by atoms with Gasteiger partial charge in [-0.25, -0.2) is 18.9 Å². The Hall–Kier alpha value is -2.97. The molecule has 132 valence electrons. The number of fused-ring (bicyclic) bond motifs is 1. The fourth-order valence-corrected chi connectivity index (χ4v) is 2.72. The molecule has 2 heterocycles. The van der Waals surface area contributed by atoms with Crippen molar-refractivity contribution in [3.05, 3.63) is 41.7 Å². The van der Waals surface area contributed by atoms with Crippen LogP contribution in [0.5, 0.6) is 0 Å². The minimum Gasteiger partial charge on any atom is -0.345 e. The second-order valence-electron chi connectivity index (χ2n) is 6.09. The van der Waals surface area contributed by atoms with E-state index in [1.807, 2.05) is 0 Å². The van der Waals surface area contributed by atoms with Crippen LogP contribution in [-0.2, 0) is 13.0 Å². The quantitative estimate of drug-likeness (QED) is 0.875. The molecule has 9 heteroatoms. The fraction of sp³-hybridized carbons (Fsp3) is 0.375. The van der Waals surface area contributed by atoms with Crippen LogP contribution in [0.2, 0.25) is 0 Å². The maximum Gasteiger partial charge on any atom is 0.319 e. The van der Waals surface area contributed by atoms with Crippen LogP contribution >= 0.6 is 0 Å². The minimum absolute atomic E-state index is 0.0717. The van der Waals surface area contributed by atoms with E-state index in [0.29, 0.717) is 12.2 Å². The zero-order valence-electron chi connectivity index (χ0n) is 14.0. The highest BCUT2D eigenvalue weighted by Gasteiger charge is 2.21. The summed E-state index contributed by atoms with van der Waals surface area (Å²) in [5, 5.41) is 9.60. The monoisotopic (exact) mass is 346 g/mol. The maximum absolute atomic E-state index is 13.8. The molecule has 0 saturated carbocycles. The highest BCUT2D eigenvalue weighted by Crippen LogP contribution is 2.17. The normalized spacial score (nSPS) is 16.0. The van der Waals surface area contributed by atoms with Gasteiger partial charge in [-0.05, 0) is 24.6 Å². The second kappa shape index (κ2) is 6.88. The summed E-state index contributed by atoms with van der Waals surface area (Å²) in [7, 11) is 3.08. The van der Waals surface area contributed by atoms with Gasteiger partial charge in [0.15, 0.2) is 0 Å². The van der Waals surface area contributed by atoms with Crippen molar-refractivity contribution in [1.29, 1.82) is 0 Å². The average molecular weight is 346 g/mol. The van der Waals surface area contributed by atoms with Crippen LogP contribution in [0.1, 0.15) is 22.6 Å². The number of aromatic nitrogens is 3. The molecular weight excluding hydrogens is 327 g/mol. The molecule has 0 aliphatic carbocycles. The number of urea groups is 1. The van der Waals surface area contributed by atoms with Crippen LogP contribution in [0.25, 0.3) is 0 Å². The van der Waals surface area contributed by atoms with Crippen LogP contribution in [0.15, 0.2) is 24.5 Å². The van der Waals surface area contributed by atoms with Crippen molar-refractivity contribution in [2.45, 2.75) is 25.4 Å². The molecule has 1 atom stereocenters. The Bertz CT molecular complexity index is 804. The molecule has 1 aromatic heterocycles. The number of amides is 3. The maximum atomic E-state index is 13.8. The Labute approximate surface area is 144 Å². The molecule has 1 aliphatic rings. The molecule has 1 aromatic carbocycles. The van der Waals surface area contributed by atoms with Crippen molar-refractivity contribution >= 4 is 17.6 Å². The Morgan fingerprint density at radius 3 is 2.92 bits per heavy atom. The van der Waals surface area contributed by atoms with Crippen molar-refractivity contribution < 1.29 is 14.0 Å². The molecular formula is C16H19FN6O2. The Morgan fingerprint density at radius 2 is 2.16 bits per heavy atom. The van der Waals surface area contributed by atoms with E-state index in [1.165, 1.54) is 37.5 Å². The second-order valence-corrected chi connectivity index (χ2v) is 6.09. The van der Waals surface area contributed by atoms with Crippen LogP contribution in [0.3, 0.4) is 0 Å². The van der Waals surface area contributed by atoms with E-state index >= 15 is 0 Å². The van der Waals surface area contributed by atoms with Gasteiger partial charge in [0.05, 0.1) is 18.2 Å². The molecule has 0 radical (unpaired) electrons. The summed E-state index contributed by atoms with van der Waals surface area (Å²) in [5.41, 5.74) is 0.258. The summed E-state index contributed by atoms with van der Waals surface area (Å²) in [6.45, 7) is 0.552. The first-order valence-corrected chi connectivity index (χ1v) is 7.89. The van der Waals surface area contributed by atoms with Crippen LogP contribution in [0.4, 0.5) is 14.9 Å². The van der Waals surface area contributed by atoms with Gasteiger partial charge in [0.1, 0.15) is 18.0 Å². The topological polar surface area (TPSA) is 92.2 Å². The lowest BCUT2D eigenvalue weighted by atomic mass is 10.1. The predicted molar refractivity (Wildman–Crippen MR) is 88.7 cm³/mol. The van der Waals surface area contributed by atoms with Gasteiger partial charge in [-0.3, -0.25) is 4.79 Å². The summed E-state index contributed by atoms with van der Waals surface area (Å²) in [6.07, 6.45) is 3.00. The molecule has 3 rings (SSSR count). The van der Waals surface area contributed by atoms with Crippen LogP contribution in [-0.4, -0.2) is 51.7 Å². The van der Waals surface area contributed by atoms with Crippen molar-refractivity contribution in [3.8, 4) is 0 Å². The van der Waals surface area contributed by atoms with E-state index in [2.05, 4.69) is 20.7 Å². The minimum atomic E-state index is -0.629. The number of nitrogens with one attached hydrogen (secondary N) is 2. The SMILES string of the molecule is CN(C)C(=O)c1cc(NC(=O)N[C@@H]2CCc3ncnn3C2)ccc1F. The molecule has 1 aliphatic heterocycles. The van der Waals surface area contributed by atoms with E-state index in [0.717, 1.165) is 24.7 Å². The van der Waals surface area contributed by atoms with Gasteiger partial charge >= 0.3 is 6.03 Å². The number of nitrogens with zero attached hydrogens (tertiary/aromatic N) is 4. The number of rotatable bonds is 3. The largest absolute Gasteiger partial charge is 0.345 e. The summed E-state index contributed by atoms with van der Waals surface area (Å²) >= 11 is 0. The first-order valence-electron chi connectivity index (χ1n) is 7.89. The number of benzene rings is 1. The van der Waals surface area contributed by atoms with Gasteiger partial charge in [-0.15, -0.1) is 0 Å². The first-order chi connectivity index (χ1) is 11.9. The summed E-state index contributed by atoms with van der Waals surface area (Å²) in [5.74, 6) is -0.188. The smallest absolute Gasteiger partial charge is 0.319 e. The molecule has 0 unspecified atom stereocenters. The molecule has 3 amide bonds. The third-order valence-electron chi connectivity index (χ3n) is 4.00. The molecule has 0 spiro atoms. The standard InChI is InChI=1S/C16H19FN6O2/c1-22(2)15(24)12-7-10(3-5-13(12)17)20-16(25)21-11-4-6-14-18-9-19-23(14)8-11/h3,5,7,9,11H,4,6,8H2,1-2H3,(H2,20,21,25)/t11-/m1/s1. The number of hydrogen-bond acceptors (Lipinski definition) is 4. The van der Waals surface area contributed by atoms with Crippen LogP contribution in [0, 0.1) is 5.82 Å². The van der Waals surface area contributed by atoms with Gasteiger partial charge in [0.25, 0.3) is 5.91 Å². The van der Waals surface area contributed by atoms with E-state index in [4.69, 9.17) is 0 Å². The van der Waals surface area contributed by atoms with Crippen molar-refractivity contribution in [2.24, 2.45) is 0 Å². The predicted octanol–water partition coefficient (Wildman–Crippen LogP) is 1.26. The number of carbonyl (C=O) groups excluding carboxylic acids is 2. The van der Waals surface area contributed by atoms with Gasteiger partial charge in [0.2, 0.25) is 0 Å². The van der Waals surface area contributed by atoms with Gasteiger partial charge < -0.3 is 15.5 Å². The molecule has 0 saturated heterocycles. The third kappa shape index (κ3) is 3.76. The molecule has 0 fully saturated rings. The Morgan fingerprint density at radius 1 is 1.36 bits per heavy atom. The van der Waals surface area contributed by atoms with E-state index < -0.39 is 17.8 Å². The zero-order valence-corrected chi connectivity index (χ0v) is 14.0. The summed E-state index contributed by atoms with van der Waals surface area (Å²) in [6, 6.07) is 3.42. The van der Waals surface area contributed by atoms with Crippen molar-refractivity contribution in [2.75, 3.05) is 19.4 Å². The summed E-state index contributed by atoms with van der Waals surface area (Å²) in [4.78, 5) is 29.5.